The van der Waals surface area contributed by atoms with E-state index in [4.69, 9.17) is 0 Å². The molecule has 3 nitrogen and oxygen atoms in total. The standard InChI is InChI=1S/C14H29NO2S/c1-7-8-9-10-11-12-14(5,6)15-18(16,17)13(2,3)4/h9-10,15H,7-8,11-12H2,1-6H3/b10-9+. The Kier molecular flexibility index (Phi) is 6.58. The predicted molar refractivity (Wildman–Crippen MR) is 79.2 cm³/mol. The van der Waals surface area contributed by atoms with Crippen molar-refractivity contribution in [2.75, 3.05) is 0 Å². The van der Waals surface area contributed by atoms with Crippen LogP contribution in [0.1, 0.15) is 67.2 Å². The Morgan fingerprint density at radius 2 is 1.50 bits per heavy atom. The zero-order valence-corrected chi connectivity index (χ0v) is 13.5. The van der Waals surface area contributed by atoms with Crippen LogP contribution in [0.2, 0.25) is 0 Å². The SMILES string of the molecule is CCC/C=C/CCC(C)(C)NS(=O)(=O)C(C)(C)C. The van der Waals surface area contributed by atoms with Crippen LogP contribution in [0.25, 0.3) is 0 Å². The fourth-order valence-corrected chi connectivity index (χ4v) is 2.55. The zero-order valence-electron chi connectivity index (χ0n) is 12.7. The molecule has 0 atom stereocenters. The Balaban J connectivity index is 4.40. The van der Waals surface area contributed by atoms with Crippen LogP contribution in [0.15, 0.2) is 12.2 Å². The van der Waals surface area contributed by atoms with Crippen LogP contribution in [0.4, 0.5) is 0 Å². The summed E-state index contributed by atoms with van der Waals surface area (Å²) in [5.74, 6) is 0. The summed E-state index contributed by atoms with van der Waals surface area (Å²) in [5, 5.41) is 0. The molecule has 0 rings (SSSR count). The summed E-state index contributed by atoms with van der Waals surface area (Å²) in [4.78, 5) is 0. The average molecular weight is 275 g/mol. The fraction of sp³-hybridized carbons (Fsp3) is 0.857. The minimum atomic E-state index is -3.28. The van der Waals surface area contributed by atoms with E-state index in [0.29, 0.717) is 0 Å². The Labute approximate surface area is 113 Å². The van der Waals surface area contributed by atoms with E-state index in [2.05, 4.69) is 23.8 Å². The van der Waals surface area contributed by atoms with Crippen molar-refractivity contribution in [3.05, 3.63) is 12.2 Å². The average Bonchev–Trinajstić information content (AvgIpc) is 2.13. The molecule has 0 unspecified atom stereocenters. The van der Waals surface area contributed by atoms with E-state index in [9.17, 15) is 8.42 Å². The monoisotopic (exact) mass is 275 g/mol. The van der Waals surface area contributed by atoms with Gasteiger partial charge in [0.25, 0.3) is 0 Å². The fourth-order valence-electron chi connectivity index (χ4n) is 1.41. The highest BCUT2D eigenvalue weighted by atomic mass is 32.2. The number of allylic oxidation sites excluding steroid dienone is 2. The van der Waals surface area contributed by atoms with Gasteiger partial charge in [0, 0.05) is 5.54 Å². The minimum absolute atomic E-state index is 0.400. The first kappa shape index (κ1) is 17.6. The lowest BCUT2D eigenvalue weighted by molar-refractivity contribution is 0.416. The molecule has 0 amide bonds. The number of nitrogens with one attached hydrogen (secondary N) is 1. The predicted octanol–water partition coefficient (Wildman–Crippen LogP) is 3.62. The molecule has 0 spiro atoms. The number of hydrogen-bond donors (Lipinski definition) is 1. The molecular weight excluding hydrogens is 246 g/mol. The van der Waals surface area contributed by atoms with Crippen molar-refractivity contribution in [3.8, 4) is 0 Å². The first-order valence-corrected chi connectivity index (χ1v) is 8.19. The molecule has 0 aliphatic carbocycles. The summed E-state index contributed by atoms with van der Waals surface area (Å²) in [6.45, 7) is 11.2. The van der Waals surface area contributed by atoms with Crippen LogP contribution in [-0.4, -0.2) is 18.7 Å². The van der Waals surface area contributed by atoms with Crippen LogP contribution in [0.5, 0.6) is 0 Å². The second kappa shape index (κ2) is 6.71. The van der Waals surface area contributed by atoms with Gasteiger partial charge in [0.1, 0.15) is 0 Å². The Hall–Kier alpha value is -0.350. The molecule has 0 aromatic rings. The molecule has 108 valence electrons. The molecule has 0 aromatic carbocycles. The summed E-state index contributed by atoms with van der Waals surface area (Å²) in [6.07, 6.45) is 8.25. The van der Waals surface area contributed by atoms with E-state index in [1.54, 1.807) is 20.8 Å². The van der Waals surface area contributed by atoms with E-state index in [-0.39, 0.29) is 0 Å². The van der Waals surface area contributed by atoms with Crippen molar-refractivity contribution in [3.63, 3.8) is 0 Å². The van der Waals surface area contributed by atoms with Crippen LogP contribution >= 0.6 is 0 Å². The third-order valence-corrected chi connectivity index (χ3v) is 5.21. The first-order valence-electron chi connectivity index (χ1n) is 6.70. The van der Waals surface area contributed by atoms with Gasteiger partial charge in [0.2, 0.25) is 10.0 Å². The highest BCUT2D eigenvalue weighted by Gasteiger charge is 2.33. The minimum Gasteiger partial charge on any atom is -0.212 e. The van der Waals surface area contributed by atoms with Crippen molar-refractivity contribution in [1.82, 2.24) is 4.72 Å². The molecule has 0 aliphatic rings. The van der Waals surface area contributed by atoms with Gasteiger partial charge < -0.3 is 0 Å². The summed E-state index contributed by atoms with van der Waals surface area (Å²) >= 11 is 0. The maximum Gasteiger partial charge on any atom is 0.217 e. The van der Waals surface area contributed by atoms with Gasteiger partial charge in [-0.1, -0.05) is 25.5 Å². The molecule has 18 heavy (non-hydrogen) atoms. The molecule has 0 aliphatic heterocycles. The molecular formula is C14H29NO2S. The summed E-state index contributed by atoms with van der Waals surface area (Å²) in [7, 11) is -3.28. The van der Waals surface area contributed by atoms with Crippen LogP contribution in [0.3, 0.4) is 0 Å². The topological polar surface area (TPSA) is 46.2 Å². The van der Waals surface area contributed by atoms with Gasteiger partial charge in [0.15, 0.2) is 0 Å². The van der Waals surface area contributed by atoms with E-state index in [1.165, 1.54) is 0 Å². The van der Waals surface area contributed by atoms with Crippen LogP contribution in [0, 0.1) is 0 Å². The Morgan fingerprint density at radius 1 is 1.00 bits per heavy atom. The van der Waals surface area contributed by atoms with E-state index >= 15 is 0 Å². The Morgan fingerprint density at radius 3 is 1.94 bits per heavy atom. The summed E-state index contributed by atoms with van der Waals surface area (Å²) in [5.41, 5.74) is -0.400. The van der Waals surface area contributed by atoms with Gasteiger partial charge in [-0.3, -0.25) is 0 Å². The number of sulfonamides is 1. The summed E-state index contributed by atoms with van der Waals surface area (Å²) < 4.78 is 26.2. The summed E-state index contributed by atoms with van der Waals surface area (Å²) in [6, 6.07) is 0. The quantitative estimate of drug-likeness (QED) is 0.721. The van der Waals surface area contributed by atoms with Crippen LogP contribution < -0.4 is 4.72 Å². The highest BCUT2D eigenvalue weighted by Crippen LogP contribution is 2.20. The molecule has 0 bridgehead atoms. The van der Waals surface area contributed by atoms with Crippen molar-refractivity contribution in [1.29, 1.82) is 0 Å². The molecule has 0 saturated carbocycles. The lowest BCUT2D eigenvalue weighted by atomic mass is 10.00. The van der Waals surface area contributed by atoms with Crippen molar-refractivity contribution < 1.29 is 8.42 Å². The molecule has 1 N–H and O–H groups in total. The lowest BCUT2D eigenvalue weighted by Crippen LogP contribution is -2.49. The highest BCUT2D eigenvalue weighted by molar-refractivity contribution is 7.90. The number of unbranched alkanes of at least 4 members (excludes halogenated alkanes) is 1. The Bertz CT molecular complexity index is 362. The molecule has 0 saturated heterocycles. The molecule has 0 aromatic heterocycles. The number of hydrogen-bond acceptors (Lipinski definition) is 2. The maximum atomic E-state index is 12.1. The second-order valence-corrected chi connectivity index (χ2v) is 8.84. The van der Waals surface area contributed by atoms with Crippen LogP contribution in [-0.2, 0) is 10.0 Å². The van der Waals surface area contributed by atoms with E-state index in [1.807, 2.05) is 13.8 Å². The number of rotatable bonds is 7. The van der Waals surface area contributed by atoms with Gasteiger partial charge in [0.05, 0.1) is 4.75 Å². The van der Waals surface area contributed by atoms with Crippen molar-refractivity contribution in [2.45, 2.75) is 77.5 Å². The van der Waals surface area contributed by atoms with E-state index in [0.717, 1.165) is 25.7 Å². The van der Waals surface area contributed by atoms with Crippen molar-refractivity contribution >= 4 is 10.0 Å². The molecule has 0 fully saturated rings. The van der Waals surface area contributed by atoms with Gasteiger partial charge >= 0.3 is 0 Å². The van der Waals surface area contributed by atoms with Gasteiger partial charge in [-0.2, -0.15) is 0 Å². The molecule has 0 heterocycles. The van der Waals surface area contributed by atoms with Gasteiger partial charge in [-0.15, -0.1) is 0 Å². The maximum absolute atomic E-state index is 12.1. The third kappa shape index (κ3) is 6.55. The lowest BCUT2D eigenvalue weighted by Gasteiger charge is -2.30. The van der Waals surface area contributed by atoms with Gasteiger partial charge in [-0.25, -0.2) is 13.1 Å². The third-order valence-electron chi connectivity index (χ3n) is 2.77. The zero-order chi connectivity index (χ0) is 14.4. The first-order chi connectivity index (χ1) is 8.02. The normalized spacial score (nSPS) is 14.3. The smallest absolute Gasteiger partial charge is 0.212 e. The molecule has 4 heteroatoms. The second-order valence-electron chi connectivity index (χ2n) is 6.40. The molecule has 0 radical (unpaired) electrons. The van der Waals surface area contributed by atoms with E-state index < -0.39 is 20.3 Å². The van der Waals surface area contributed by atoms with Gasteiger partial charge in [-0.05, 0) is 53.9 Å². The largest absolute Gasteiger partial charge is 0.217 e. The van der Waals surface area contributed by atoms with Crippen molar-refractivity contribution in [2.24, 2.45) is 0 Å².